The van der Waals surface area contributed by atoms with Crippen molar-refractivity contribution in [3.63, 3.8) is 0 Å². The fourth-order valence-corrected chi connectivity index (χ4v) is 1.74. The van der Waals surface area contributed by atoms with Crippen molar-refractivity contribution in [1.29, 1.82) is 0 Å². The van der Waals surface area contributed by atoms with Crippen LogP contribution in [0.15, 0.2) is 36.7 Å². The van der Waals surface area contributed by atoms with Gasteiger partial charge in [0.1, 0.15) is 12.1 Å². The molecule has 1 aromatic heterocycles. The first-order valence-corrected chi connectivity index (χ1v) is 6.48. The molecule has 4 nitrogen and oxygen atoms in total. The molecule has 0 aliphatic carbocycles. The molecule has 0 saturated heterocycles. The number of ether oxygens (including phenoxy) is 1. The highest BCUT2D eigenvalue weighted by atomic mass is 16.5. The van der Waals surface area contributed by atoms with Crippen LogP contribution in [-0.4, -0.2) is 16.5 Å². The average Bonchev–Trinajstić information content (AvgIpc) is 2.42. The maximum atomic E-state index is 5.72. The molecule has 2 aromatic rings. The number of hydrogen-bond acceptors (Lipinski definition) is 4. The zero-order valence-electron chi connectivity index (χ0n) is 11.3. The summed E-state index contributed by atoms with van der Waals surface area (Å²) in [4.78, 5) is 8.34. The van der Waals surface area contributed by atoms with Crippen LogP contribution in [0.25, 0.3) is 0 Å². The zero-order chi connectivity index (χ0) is 13.7. The van der Waals surface area contributed by atoms with Crippen LogP contribution < -0.4 is 10.5 Å². The fraction of sp³-hybridized carbons (Fsp3) is 0.333. The molecule has 2 N–H and O–H groups in total. The molecule has 0 aliphatic rings. The fourth-order valence-electron chi connectivity index (χ4n) is 1.74. The molecule has 4 heteroatoms. The second-order valence-corrected chi connectivity index (χ2v) is 4.72. The zero-order valence-corrected chi connectivity index (χ0v) is 11.3. The Morgan fingerprint density at radius 2 is 1.89 bits per heavy atom. The molecule has 0 bridgehead atoms. The predicted octanol–water partition coefficient (Wildman–Crippen LogP) is 2.89. The van der Waals surface area contributed by atoms with Gasteiger partial charge in [0.05, 0.1) is 5.69 Å². The lowest BCUT2D eigenvalue weighted by Crippen LogP contribution is -2.02. The van der Waals surface area contributed by atoms with Gasteiger partial charge in [-0.05, 0) is 36.6 Å². The van der Waals surface area contributed by atoms with Gasteiger partial charge in [0.25, 0.3) is 0 Å². The van der Waals surface area contributed by atoms with Crippen molar-refractivity contribution in [3.8, 4) is 11.6 Å². The normalized spacial score (nSPS) is 10.7. The highest BCUT2D eigenvalue weighted by Gasteiger charge is 2.04. The minimum Gasteiger partial charge on any atom is -0.439 e. The Labute approximate surface area is 113 Å². The average molecular weight is 257 g/mol. The van der Waals surface area contributed by atoms with E-state index in [2.05, 4.69) is 23.8 Å². The van der Waals surface area contributed by atoms with Gasteiger partial charge < -0.3 is 10.5 Å². The summed E-state index contributed by atoms with van der Waals surface area (Å²) in [6.45, 7) is 4.84. The Kier molecular flexibility index (Phi) is 4.47. The number of benzene rings is 1. The SMILES string of the molecule is CC(C)c1cc(Oc2ccc(CCN)cc2)ncn1. The second-order valence-electron chi connectivity index (χ2n) is 4.72. The van der Waals surface area contributed by atoms with Crippen molar-refractivity contribution >= 4 is 0 Å². The quantitative estimate of drug-likeness (QED) is 0.894. The van der Waals surface area contributed by atoms with E-state index in [1.54, 1.807) is 0 Å². The molecular weight excluding hydrogens is 238 g/mol. The van der Waals surface area contributed by atoms with Crippen molar-refractivity contribution in [2.75, 3.05) is 6.54 Å². The van der Waals surface area contributed by atoms with Gasteiger partial charge >= 0.3 is 0 Å². The van der Waals surface area contributed by atoms with Crippen molar-refractivity contribution < 1.29 is 4.74 Å². The Morgan fingerprint density at radius 1 is 1.16 bits per heavy atom. The van der Waals surface area contributed by atoms with E-state index < -0.39 is 0 Å². The molecule has 1 heterocycles. The van der Waals surface area contributed by atoms with E-state index >= 15 is 0 Å². The first-order chi connectivity index (χ1) is 9.19. The maximum Gasteiger partial charge on any atom is 0.222 e. The number of nitrogens with two attached hydrogens (primary N) is 1. The number of nitrogens with zero attached hydrogens (tertiary/aromatic N) is 2. The van der Waals surface area contributed by atoms with Crippen LogP contribution in [0.3, 0.4) is 0 Å². The monoisotopic (exact) mass is 257 g/mol. The number of rotatable bonds is 5. The van der Waals surface area contributed by atoms with Gasteiger partial charge in [0.15, 0.2) is 0 Å². The molecule has 0 saturated carbocycles. The number of aromatic nitrogens is 2. The van der Waals surface area contributed by atoms with Crippen LogP contribution in [0.4, 0.5) is 0 Å². The van der Waals surface area contributed by atoms with Gasteiger partial charge in [0.2, 0.25) is 5.88 Å². The van der Waals surface area contributed by atoms with Crippen LogP contribution >= 0.6 is 0 Å². The Balaban J connectivity index is 2.10. The standard InChI is InChI=1S/C15H19N3O/c1-11(2)14-9-15(18-10-17-14)19-13-5-3-12(4-6-13)7-8-16/h3-6,9-11H,7-8,16H2,1-2H3. The highest BCUT2D eigenvalue weighted by Crippen LogP contribution is 2.22. The molecule has 0 amide bonds. The Bertz CT molecular complexity index is 523. The van der Waals surface area contributed by atoms with Gasteiger partial charge in [-0.3, -0.25) is 0 Å². The highest BCUT2D eigenvalue weighted by molar-refractivity contribution is 5.31. The predicted molar refractivity (Wildman–Crippen MR) is 75.4 cm³/mol. The Morgan fingerprint density at radius 3 is 2.53 bits per heavy atom. The molecule has 1 aromatic carbocycles. The number of hydrogen-bond donors (Lipinski definition) is 1. The molecule has 0 atom stereocenters. The summed E-state index contributed by atoms with van der Waals surface area (Å²) in [5.41, 5.74) is 7.70. The molecule has 2 rings (SSSR count). The van der Waals surface area contributed by atoms with E-state index in [9.17, 15) is 0 Å². The third kappa shape index (κ3) is 3.76. The van der Waals surface area contributed by atoms with Gasteiger partial charge in [-0.1, -0.05) is 26.0 Å². The van der Waals surface area contributed by atoms with E-state index in [0.29, 0.717) is 18.3 Å². The minimum absolute atomic E-state index is 0.359. The molecule has 100 valence electrons. The summed E-state index contributed by atoms with van der Waals surface area (Å²) in [7, 11) is 0. The largest absolute Gasteiger partial charge is 0.439 e. The lowest BCUT2D eigenvalue weighted by Gasteiger charge is -2.08. The van der Waals surface area contributed by atoms with Crippen molar-refractivity contribution in [3.05, 3.63) is 47.9 Å². The molecule has 0 radical (unpaired) electrons. The van der Waals surface area contributed by atoms with Gasteiger partial charge in [-0.15, -0.1) is 0 Å². The Hall–Kier alpha value is -1.94. The first kappa shape index (κ1) is 13.5. The van der Waals surface area contributed by atoms with E-state index in [4.69, 9.17) is 10.5 Å². The molecule has 0 aliphatic heterocycles. The van der Waals surface area contributed by atoms with E-state index in [0.717, 1.165) is 17.9 Å². The smallest absolute Gasteiger partial charge is 0.222 e. The van der Waals surface area contributed by atoms with Gasteiger partial charge in [0, 0.05) is 6.07 Å². The summed E-state index contributed by atoms with van der Waals surface area (Å²) in [6.07, 6.45) is 2.42. The van der Waals surface area contributed by atoms with Crippen molar-refractivity contribution in [2.24, 2.45) is 5.73 Å². The van der Waals surface area contributed by atoms with E-state index in [1.165, 1.54) is 11.9 Å². The summed E-state index contributed by atoms with van der Waals surface area (Å²) < 4.78 is 5.72. The third-order valence-electron chi connectivity index (χ3n) is 2.83. The van der Waals surface area contributed by atoms with Crippen LogP contribution in [0.5, 0.6) is 11.6 Å². The molecule has 0 unspecified atom stereocenters. The van der Waals surface area contributed by atoms with Gasteiger partial charge in [-0.2, -0.15) is 0 Å². The van der Waals surface area contributed by atoms with Crippen LogP contribution in [-0.2, 0) is 6.42 Å². The van der Waals surface area contributed by atoms with Crippen LogP contribution in [0.2, 0.25) is 0 Å². The van der Waals surface area contributed by atoms with Crippen molar-refractivity contribution in [2.45, 2.75) is 26.2 Å². The second kappa shape index (κ2) is 6.29. The van der Waals surface area contributed by atoms with E-state index in [1.807, 2.05) is 30.3 Å². The summed E-state index contributed by atoms with van der Waals surface area (Å²) in [5, 5.41) is 0. The molecule has 19 heavy (non-hydrogen) atoms. The summed E-state index contributed by atoms with van der Waals surface area (Å²) >= 11 is 0. The molecular formula is C15H19N3O. The lowest BCUT2D eigenvalue weighted by atomic mass is 10.1. The molecule has 0 spiro atoms. The lowest BCUT2D eigenvalue weighted by molar-refractivity contribution is 0.459. The first-order valence-electron chi connectivity index (χ1n) is 6.48. The van der Waals surface area contributed by atoms with Gasteiger partial charge in [-0.25, -0.2) is 9.97 Å². The summed E-state index contributed by atoms with van der Waals surface area (Å²) in [6, 6.07) is 9.78. The van der Waals surface area contributed by atoms with Crippen LogP contribution in [0.1, 0.15) is 31.0 Å². The molecule has 0 fully saturated rings. The topological polar surface area (TPSA) is 61.0 Å². The summed E-state index contributed by atoms with van der Waals surface area (Å²) in [5.74, 6) is 1.71. The van der Waals surface area contributed by atoms with Crippen LogP contribution in [0, 0.1) is 0 Å². The van der Waals surface area contributed by atoms with E-state index in [-0.39, 0.29) is 0 Å². The minimum atomic E-state index is 0.359. The van der Waals surface area contributed by atoms with Crippen molar-refractivity contribution in [1.82, 2.24) is 9.97 Å². The maximum absolute atomic E-state index is 5.72. The third-order valence-corrected chi connectivity index (χ3v) is 2.83.